The summed E-state index contributed by atoms with van der Waals surface area (Å²) < 4.78 is 5.93. The predicted octanol–water partition coefficient (Wildman–Crippen LogP) is 6.15. The van der Waals surface area contributed by atoms with Crippen molar-refractivity contribution in [3.8, 4) is 11.5 Å². The average molecular weight is 472 g/mol. The Morgan fingerprint density at radius 3 is 2.71 bits per heavy atom. The summed E-state index contributed by atoms with van der Waals surface area (Å²) in [5.41, 5.74) is 1.93. The van der Waals surface area contributed by atoms with Crippen LogP contribution in [0.4, 0.5) is 0 Å². The molecule has 0 bridgehead atoms. The van der Waals surface area contributed by atoms with Crippen molar-refractivity contribution in [1.82, 2.24) is 25.1 Å². The monoisotopic (exact) mass is 471 g/mol. The number of hydrogen-bond donors (Lipinski definition) is 0. The van der Waals surface area contributed by atoms with E-state index in [9.17, 15) is 0 Å². The van der Waals surface area contributed by atoms with E-state index in [-0.39, 0.29) is 0 Å². The number of aromatic nitrogens is 4. The van der Waals surface area contributed by atoms with E-state index in [1.54, 1.807) is 11.3 Å². The van der Waals surface area contributed by atoms with E-state index in [1.807, 2.05) is 24.3 Å². The molecule has 4 heterocycles. The van der Waals surface area contributed by atoms with Gasteiger partial charge in [-0.3, -0.25) is 4.90 Å². The molecule has 1 aliphatic rings. The van der Waals surface area contributed by atoms with Crippen molar-refractivity contribution in [2.45, 2.75) is 49.9 Å². The minimum absolute atomic E-state index is 0.408. The third kappa shape index (κ3) is 4.35. The van der Waals surface area contributed by atoms with Crippen molar-refractivity contribution < 1.29 is 4.42 Å². The third-order valence-corrected chi connectivity index (χ3v) is 7.81. The van der Waals surface area contributed by atoms with Gasteiger partial charge in [0.25, 0.3) is 5.22 Å². The highest BCUT2D eigenvalue weighted by molar-refractivity contribution is 7.99. The highest BCUT2D eigenvalue weighted by Gasteiger charge is 2.20. The van der Waals surface area contributed by atoms with Crippen LogP contribution in [0.1, 0.15) is 35.5 Å². The molecule has 1 aromatic carbocycles. The number of nitrogens with zero attached hydrogens (tertiary/aromatic N) is 5. The number of hydrogen-bond acceptors (Lipinski definition) is 8. The number of piperidine rings is 1. The van der Waals surface area contributed by atoms with E-state index in [0.29, 0.717) is 16.1 Å². The van der Waals surface area contributed by atoms with Crippen LogP contribution in [0.25, 0.3) is 21.7 Å². The molecule has 160 valence electrons. The van der Waals surface area contributed by atoms with Crippen molar-refractivity contribution in [2.75, 3.05) is 13.1 Å². The van der Waals surface area contributed by atoms with Gasteiger partial charge in [-0.05, 0) is 69.2 Å². The topological polar surface area (TPSA) is 67.9 Å². The summed E-state index contributed by atoms with van der Waals surface area (Å²) in [5, 5.41) is 11.4. The summed E-state index contributed by atoms with van der Waals surface area (Å²) >= 11 is 9.40. The van der Waals surface area contributed by atoms with Gasteiger partial charge in [0.2, 0.25) is 5.89 Å². The Bertz CT molecular complexity index is 1230. The Labute approximate surface area is 194 Å². The van der Waals surface area contributed by atoms with E-state index in [2.05, 4.69) is 28.9 Å². The molecule has 6 nitrogen and oxygen atoms in total. The molecule has 0 radical (unpaired) electrons. The van der Waals surface area contributed by atoms with Gasteiger partial charge in [0.15, 0.2) is 0 Å². The number of halogens is 1. The molecule has 1 fully saturated rings. The first kappa shape index (κ1) is 20.9. The molecule has 0 spiro atoms. The van der Waals surface area contributed by atoms with E-state index in [4.69, 9.17) is 26.0 Å². The molecule has 1 aliphatic heterocycles. The predicted molar refractivity (Wildman–Crippen MR) is 125 cm³/mol. The number of fused-ring (bicyclic) bond motifs is 1. The van der Waals surface area contributed by atoms with Crippen LogP contribution in [0, 0.1) is 13.8 Å². The molecule has 5 rings (SSSR count). The fourth-order valence-corrected chi connectivity index (χ4v) is 5.99. The van der Waals surface area contributed by atoms with E-state index < -0.39 is 0 Å². The third-order valence-electron chi connectivity index (χ3n) is 5.55. The zero-order valence-corrected chi connectivity index (χ0v) is 19.8. The van der Waals surface area contributed by atoms with E-state index in [0.717, 1.165) is 46.3 Å². The Hall–Kier alpha value is -2.00. The summed E-state index contributed by atoms with van der Waals surface area (Å²) in [5.74, 6) is 1.26. The van der Waals surface area contributed by atoms with Crippen LogP contribution >= 0.6 is 34.7 Å². The average Bonchev–Trinajstić information content (AvgIpc) is 3.33. The van der Waals surface area contributed by atoms with Crippen LogP contribution in [0.5, 0.6) is 0 Å². The number of likely N-dealkylation sites (tertiary alicyclic amines) is 1. The second-order valence-electron chi connectivity index (χ2n) is 7.70. The maximum absolute atomic E-state index is 6.28. The van der Waals surface area contributed by atoms with Crippen LogP contribution in [0.15, 0.2) is 38.9 Å². The van der Waals surface area contributed by atoms with Crippen molar-refractivity contribution in [3.63, 3.8) is 0 Å². The number of aryl methyl sites for hydroxylation is 2. The lowest BCUT2D eigenvalue weighted by molar-refractivity contribution is 0.216. The maximum Gasteiger partial charge on any atom is 0.283 e. The van der Waals surface area contributed by atoms with Crippen molar-refractivity contribution >= 4 is 44.9 Å². The lowest BCUT2D eigenvalue weighted by Gasteiger charge is -2.25. The highest BCUT2D eigenvalue weighted by atomic mass is 35.5. The van der Waals surface area contributed by atoms with Crippen LogP contribution in [0.3, 0.4) is 0 Å². The summed E-state index contributed by atoms with van der Waals surface area (Å²) in [6.07, 6.45) is 3.80. The Balaban J connectivity index is 1.49. The van der Waals surface area contributed by atoms with E-state index >= 15 is 0 Å². The lowest BCUT2D eigenvalue weighted by atomic mass is 10.1. The summed E-state index contributed by atoms with van der Waals surface area (Å²) in [6, 6.07) is 7.46. The smallest absolute Gasteiger partial charge is 0.283 e. The second-order valence-corrected chi connectivity index (χ2v) is 10.3. The fraction of sp³-hybridized carbons (Fsp3) is 0.364. The Morgan fingerprint density at radius 2 is 1.90 bits per heavy atom. The van der Waals surface area contributed by atoms with Gasteiger partial charge in [0.05, 0.1) is 17.1 Å². The largest absolute Gasteiger partial charge is 0.411 e. The summed E-state index contributed by atoms with van der Waals surface area (Å²) in [7, 11) is 0. The van der Waals surface area contributed by atoms with Gasteiger partial charge in [-0.15, -0.1) is 21.5 Å². The quantitative estimate of drug-likeness (QED) is 0.323. The molecule has 9 heteroatoms. The van der Waals surface area contributed by atoms with Gasteiger partial charge in [-0.1, -0.05) is 30.2 Å². The molecule has 4 aromatic rings. The standard InChI is InChI=1S/C22H22ClN5OS2/c1-13-14(2)30-20-18(13)21(25-17(24-20)12-28-10-6-3-7-11-28)31-22-27-26-19(29-22)15-8-4-5-9-16(15)23/h4-5,8-9H,3,6-7,10-12H2,1-2H3. The van der Waals surface area contributed by atoms with Gasteiger partial charge < -0.3 is 4.42 Å². The van der Waals surface area contributed by atoms with Crippen molar-refractivity contribution in [3.05, 3.63) is 45.6 Å². The zero-order valence-electron chi connectivity index (χ0n) is 17.4. The molecule has 0 amide bonds. The number of benzene rings is 1. The van der Waals surface area contributed by atoms with E-state index in [1.165, 1.54) is 41.5 Å². The van der Waals surface area contributed by atoms with Gasteiger partial charge in [-0.2, -0.15) is 0 Å². The maximum atomic E-state index is 6.28. The molecule has 0 unspecified atom stereocenters. The van der Waals surface area contributed by atoms with Crippen LogP contribution < -0.4 is 0 Å². The van der Waals surface area contributed by atoms with Gasteiger partial charge in [0.1, 0.15) is 15.7 Å². The van der Waals surface area contributed by atoms with Gasteiger partial charge in [-0.25, -0.2) is 9.97 Å². The molecular weight excluding hydrogens is 450 g/mol. The SMILES string of the molecule is Cc1sc2nc(CN3CCCCC3)nc(Sc3nnc(-c4ccccc4Cl)o3)c2c1C. The molecule has 1 saturated heterocycles. The van der Waals surface area contributed by atoms with Crippen LogP contribution in [-0.2, 0) is 6.54 Å². The molecule has 0 N–H and O–H groups in total. The first-order chi connectivity index (χ1) is 15.1. The normalized spacial score (nSPS) is 15.1. The lowest BCUT2D eigenvalue weighted by Crippen LogP contribution is -2.29. The Morgan fingerprint density at radius 1 is 1.10 bits per heavy atom. The van der Waals surface area contributed by atoms with Crippen LogP contribution in [-0.4, -0.2) is 38.2 Å². The fourth-order valence-electron chi connectivity index (χ4n) is 3.79. The van der Waals surface area contributed by atoms with Gasteiger partial charge in [0, 0.05) is 10.3 Å². The first-order valence-corrected chi connectivity index (χ1v) is 12.3. The van der Waals surface area contributed by atoms with Gasteiger partial charge >= 0.3 is 0 Å². The molecule has 0 saturated carbocycles. The molecule has 0 atom stereocenters. The number of thiophene rings is 1. The molecule has 3 aromatic heterocycles. The summed E-state index contributed by atoms with van der Waals surface area (Å²) in [4.78, 5) is 14.5. The zero-order chi connectivity index (χ0) is 21.4. The van der Waals surface area contributed by atoms with Crippen molar-refractivity contribution in [1.29, 1.82) is 0 Å². The summed E-state index contributed by atoms with van der Waals surface area (Å²) in [6.45, 7) is 7.24. The molecular formula is C22H22ClN5OS2. The molecule has 31 heavy (non-hydrogen) atoms. The highest BCUT2D eigenvalue weighted by Crippen LogP contribution is 2.38. The second kappa shape index (κ2) is 8.86. The Kier molecular flexibility index (Phi) is 5.97. The first-order valence-electron chi connectivity index (χ1n) is 10.3. The molecule has 0 aliphatic carbocycles. The minimum Gasteiger partial charge on any atom is -0.411 e. The minimum atomic E-state index is 0.408. The number of rotatable bonds is 5. The van der Waals surface area contributed by atoms with Crippen molar-refractivity contribution in [2.24, 2.45) is 0 Å². The van der Waals surface area contributed by atoms with Crippen LogP contribution in [0.2, 0.25) is 5.02 Å².